The number of hydrogen-bond acceptors (Lipinski definition) is 5. The van der Waals surface area contributed by atoms with Crippen LogP contribution >= 0.6 is 11.6 Å². The van der Waals surface area contributed by atoms with E-state index in [0.717, 1.165) is 0 Å². The van der Waals surface area contributed by atoms with Crippen LogP contribution in [-0.4, -0.2) is 37.0 Å². The van der Waals surface area contributed by atoms with E-state index in [4.69, 9.17) is 11.6 Å². The van der Waals surface area contributed by atoms with Crippen molar-refractivity contribution in [3.05, 3.63) is 63.2 Å². The predicted octanol–water partition coefficient (Wildman–Crippen LogP) is 4.03. The maximum absolute atomic E-state index is 12.4. The third-order valence-electron chi connectivity index (χ3n) is 3.71. The lowest BCUT2D eigenvalue weighted by atomic mass is 10.2. The number of sulfonamides is 1. The van der Waals surface area contributed by atoms with Crippen LogP contribution in [0.1, 0.15) is 19.4 Å². The van der Waals surface area contributed by atoms with Gasteiger partial charge >= 0.3 is 0 Å². The summed E-state index contributed by atoms with van der Waals surface area (Å²) in [5.74, 6) is 0. The van der Waals surface area contributed by atoms with Crippen molar-refractivity contribution in [2.75, 3.05) is 13.1 Å². The Morgan fingerprint density at radius 2 is 1.77 bits per heavy atom. The second-order valence-corrected chi connectivity index (χ2v) is 7.65. The first-order valence-electron chi connectivity index (χ1n) is 7.87. The van der Waals surface area contributed by atoms with E-state index in [1.165, 1.54) is 34.8 Å². The van der Waals surface area contributed by atoms with Crippen molar-refractivity contribution >= 4 is 39.2 Å². The lowest BCUT2D eigenvalue weighted by Crippen LogP contribution is -2.30. The average Bonchev–Trinajstić information content (AvgIpc) is 2.62. The molecule has 2 aromatic rings. The Morgan fingerprint density at radius 3 is 2.31 bits per heavy atom. The average molecular weight is 396 g/mol. The van der Waals surface area contributed by atoms with Gasteiger partial charge < -0.3 is 0 Å². The SMILES string of the molecule is CCN(CC)S(=O)(=O)c1ccc(N=Cc2ccc(Cl)c([N+](=O)[O-])c2)cc1. The van der Waals surface area contributed by atoms with E-state index in [1.807, 2.05) is 0 Å². The Morgan fingerprint density at radius 1 is 1.15 bits per heavy atom. The molecule has 0 N–H and O–H groups in total. The minimum absolute atomic E-state index is 0.0538. The summed E-state index contributed by atoms with van der Waals surface area (Å²) in [6, 6.07) is 10.5. The standard InChI is InChI=1S/C17H18ClN3O4S/c1-3-20(4-2)26(24,25)15-8-6-14(7-9-15)19-12-13-5-10-16(18)17(11-13)21(22)23/h5-12H,3-4H2,1-2H3. The molecule has 2 rings (SSSR count). The number of benzene rings is 2. The molecule has 0 fully saturated rings. The molecule has 138 valence electrons. The van der Waals surface area contributed by atoms with Gasteiger partial charge in [0, 0.05) is 25.4 Å². The summed E-state index contributed by atoms with van der Waals surface area (Å²) in [5.41, 5.74) is 0.846. The van der Waals surface area contributed by atoms with Crippen LogP contribution in [-0.2, 0) is 10.0 Å². The fourth-order valence-electron chi connectivity index (χ4n) is 2.32. The molecule has 0 aromatic heterocycles. The van der Waals surface area contributed by atoms with Gasteiger partial charge in [0.1, 0.15) is 5.02 Å². The zero-order chi connectivity index (χ0) is 19.3. The van der Waals surface area contributed by atoms with Gasteiger partial charge in [-0.05, 0) is 35.9 Å². The summed E-state index contributed by atoms with van der Waals surface area (Å²) < 4.78 is 26.2. The highest BCUT2D eigenvalue weighted by molar-refractivity contribution is 7.89. The lowest BCUT2D eigenvalue weighted by Gasteiger charge is -2.18. The first-order chi connectivity index (χ1) is 12.3. The highest BCUT2D eigenvalue weighted by Crippen LogP contribution is 2.25. The van der Waals surface area contributed by atoms with E-state index in [1.54, 1.807) is 32.0 Å². The summed E-state index contributed by atoms with van der Waals surface area (Å²) in [6.45, 7) is 4.36. The first kappa shape index (κ1) is 20.0. The van der Waals surface area contributed by atoms with Crippen molar-refractivity contribution < 1.29 is 13.3 Å². The maximum Gasteiger partial charge on any atom is 0.288 e. The highest BCUT2D eigenvalue weighted by atomic mass is 35.5. The number of nitro benzene ring substituents is 1. The number of aliphatic imine (C=N–C) groups is 1. The molecule has 0 heterocycles. The zero-order valence-electron chi connectivity index (χ0n) is 14.3. The molecule has 0 aliphatic rings. The largest absolute Gasteiger partial charge is 0.288 e. The zero-order valence-corrected chi connectivity index (χ0v) is 15.9. The van der Waals surface area contributed by atoms with Gasteiger partial charge in [-0.1, -0.05) is 31.5 Å². The Balaban J connectivity index is 2.23. The molecule has 2 aromatic carbocycles. The minimum atomic E-state index is -3.51. The summed E-state index contributed by atoms with van der Waals surface area (Å²) in [6.07, 6.45) is 1.46. The minimum Gasteiger partial charge on any atom is -0.258 e. The molecule has 7 nitrogen and oxygen atoms in total. The molecule has 26 heavy (non-hydrogen) atoms. The molecule has 0 spiro atoms. The van der Waals surface area contributed by atoms with E-state index in [9.17, 15) is 18.5 Å². The molecule has 0 amide bonds. The monoisotopic (exact) mass is 395 g/mol. The van der Waals surface area contributed by atoms with Gasteiger partial charge in [0.2, 0.25) is 10.0 Å². The molecular weight excluding hydrogens is 378 g/mol. The van der Waals surface area contributed by atoms with Crippen molar-refractivity contribution in [1.82, 2.24) is 4.31 Å². The summed E-state index contributed by atoms with van der Waals surface area (Å²) in [5, 5.41) is 11.0. The number of halogens is 1. The fourth-order valence-corrected chi connectivity index (χ4v) is 3.96. The molecule has 0 unspecified atom stereocenters. The maximum atomic E-state index is 12.4. The third kappa shape index (κ3) is 4.46. The van der Waals surface area contributed by atoms with Crippen molar-refractivity contribution in [2.24, 2.45) is 4.99 Å². The number of nitro groups is 1. The Labute approximate surface area is 157 Å². The van der Waals surface area contributed by atoms with E-state index < -0.39 is 14.9 Å². The molecular formula is C17H18ClN3O4S. The van der Waals surface area contributed by atoms with Gasteiger partial charge in [0.05, 0.1) is 15.5 Å². The first-order valence-corrected chi connectivity index (χ1v) is 9.69. The predicted molar refractivity (Wildman–Crippen MR) is 102 cm³/mol. The van der Waals surface area contributed by atoms with Crippen molar-refractivity contribution in [1.29, 1.82) is 0 Å². The van der Waals surface area contributed by atoms with Crippen LogP contribution in [0.25, 0.3) is 0 Å². The van der Waals surface area contributed by atoms with E-state index >= 15 is 0 Å². The van der Waals surface area contributed by atoms with Crippen molar-refractivity contribution in [3.8, 4) is 0 Å². The summed E-state index contributed by atoms with van der Waals surface area (Å²) in [7, 11) is -3.51. The van der Waals surface area contributed by atoms with Crippen molar-refractivity contribution in [3.63, 3.8) is 0 Å². The molecule has 0 aliphatic carbocycles. The smallest absolute Gasteiger partial charge is 0.258 e. The third-order valence-corrected chi connectivity index (χ3v) is 6.09. The molecule has 0 saturated carbocycles. The number of rotatable bonds is 7. The van der Waals surface area contributed by atoms with E-state index in [0.29, 0.717) is 24.3 Å². The van der Waals surface area contributed by atoms with Gasteiger partial charge in [-0.3, -0.25) is 15.1 Å². The quantitative estimate of drug-likeness (QED) is 0.402. The van der Waals surface area contributed by atoms with Crippen LogP contribution in [0.2, 0.25) is 5.02 Å². The Hall–Kier alpha value is -2.29. The number of nitrogens with zero attached hydrogens (tertiary/aromatic N) is 3. The van der Waals surface area contributed by atoms with Crippen LogP contribution in [0.5, 0.6) is 0 Å². The van der Waals surface area contributed by atoms with Crippen LogP contribution in [0.15, 0.2) is 52.4 Å². The molecule has 0 radical (unpaired) electrons. The summed E-state index contributed by atoms with van der Waals surface area (Å²) in [4.78, 5) is 14.7. The van der Waals surface area contributed by atoms with E-state index in [-0.39, 0.29) is 15.6 Å². The molecule has 0 aliphatic heterocycles. The normalized spacial score (nSPS) is 12.0. The van der Waals surface area contributed by atoms with Crippen LogP contribution in [0.3, 0.4) is 0 Å². The van der Waals surface area contributed by atoms with Gasteiger partial charge in [0.15, 0.2) is 0 Å². The lowest BCUT2D eigenvalue weighted by molar-refractivity contribution is -0.384. The molecule has 0 bridgehead atoms. The van der Waals surface area contributed by atoms with E-state index in [2.05, 4.69) is 4.99 Å². The van der Waals surface area contributed by atoms with Crippen LogP contribution in [0.4, 0.5) is 11.4 Å². The van der Waals surface area contributed by atoms with Gasteiger partial charge in [0.25, 0.3) is 5.69 Å². The van der Waals surface area contributed by atoms with Gasteiger partial charge in [-0.2, -0.15) is 4.31 Å². The van der Waals surface area contributed by atoms with Crippen LogP contribution in [0, 0.1) is 10.1 Å². The number of hydrogen-bond donors (Lipinski definition) is 0. The second-order valence-electron chi connectivity index (χ2n) is 5.31. The van der Waals surface area contributed by atoms with Crippen molar-refractivity contribution in [2.45, 2.75) is 18.7 Å². The molecule has 0 saturated heterocycles. The molecule has 9 heteroatoms. The highest BCUT2D eigenvalue weighted by Gasteiger charge is 2.21. The van der Waals surface area contributed by atoms with Gasteiger partial charge in [-0.15, -0.1) is 0 Å². The Bertz CT molecular complexity index is 924. The van der Waals surface area contributed by atoms with Crippen LogP contribution < -0.4 is 0 Å². The second kappa shape index (κ2) is 8.39. The summed E-state index contributed by atoms with van der Waals surface area (Å²) >= 11 is 5.77. The molecule has 0 atom stereocenters. The fraction of sp³-hybridized carbons (Fsp3) is 0.235. The Kier molecular flexibility index (Phi) is 6.47. The van der Waals surface area contributed by atoms with Gasteiger partial charge in [-0.25, -0.2) is 8.42 Å². The topological polar surface area (TPSA) is 92.9 Å².